The van der Waals surface area contributed by atoms with Crippen LogP contribution < -0.4 is 19.5 Å². The molecule has 0 radical (unpaired) electrons. The van der Waals surface area contributed by atoms with Crippen molar-refractivity contribution < 1.29 is 55.0 Å². The number of aryl methyl sites for hydroxylation is 1. The summed E-state index contributed by atoms with van der Waals surface area (Å²) in [6, 6.07) is 8.50. The molecule has 2 fully saturated rings. The smallest absolute Gasteiger partial charge is 0.407 e. The van der Waals surface area contributed by atoms with Gasteiger partial charge in [-0.3, -0.25) is 0 Å². The molecule has 5 atom stereocenters. The monoisotopic (exact) mass is 709 g/mol. The number of alkyl carbamates (subject to hydrolysis) is 1. The van der Waals surface area contributed by atoms with E-state index < -0.39 is 66.4 Å². The molecule has 260 valence electrons. The summed E-state index contributed by atoms with van der Waals surface area (Å²) in [6.45, 7) is -0.563. The summed E-state index contributed by atoms with van der Waals surface area (Å²) >= 11 is 1.49. The largest absolute Gasteiger partial charge is 0.487 e. The zero-order valence-electron chi connectivity index (χ0n) is 32.5. The van der Waals surface area contributed by atoms with Gasteiger partial charge in [0.2, 0.25) is 16.8 Å². The van der Waals surface area contributed by atoms with Gasteiger partial charge < -0.3 is 38.8 Å². The summed E-state index contributed by atoms with van der Waals surface area (Å²) in [4.78, 5) is 17.6. The zero-order chi connectivity index (χ0) is 39.3. The van der Waals surface area contributed by atoms with E-state index in [2.05, 4.69) is 10.3 Å². The molecule has 15 heteroatoms. The van der Waals surface area contributed by atoms with Crippen LogP contribution in [0.2, 0.25) is 0 Å². The highest BCUT2D eigenvalue weighted by Crippen LogP contribution is 2.35. The molecule has 2 aromatic carbocycles. The first-order valence-electron chi connectivity index (χ1n) is 18.3. The molecule has 3 aromatic rings. The molecule has 0 bridgehead atoms. The molecule has 6 rings (SSSR count). The van der Waals surface area contributed by atoms with E-state index in [1.54, 1.807) is 38.1 Å². The van der Waals surface area contributed by atoms with E-state index in [9.17, 15) is 18.3 Å². The second kappa shape index (κ2) is 15.0. The van der Waals surface area contributed by atoms with Crippen molar-refractivity contribution in [2.24, 2.45) is 11.8 Å². The van der Waals surface area contributed by atoms with Crippen molar-refractivity contribution in [2.45, 2.75) is 69.6 Å². The Balaban J connectivity index is 1.26. The van der Waals surface area contributed by atoms with Crippen LogP contribution in [0.15, 0.2) is 52.7 Å². The van der Waals surface area contributed by atoms with Gasteiger partial charge in [0.25, 0.3) is 0 Å². The van der Waals surface area contributed by atoms with E-state index in [4.69, 9.17) is 36.6 Å². The maximum atomic E-state index is 14.1. The van der Waals surface area contributed by atoms with E-state index in [0.29, 0.717) is 11.3 Å². The van der Waals surface area contributed by atoms with Gasteiger partial charge in [0.05, 0.1) is 52.3 Å². The van der Waals surface area contributed by atoms with Gasteiger partial charge in [0, 0.05) is 24.5 Å². The molecule has 3 aliphatic heterocycles. The minimum Gasteiger partial charge on any atom is -0.487 e. The number of fused-ring (bicyclic) bond motifs is 2. The first-order valence-corrected chi connectivity index (χ1v) is 17.7. The van der Waals surface area contributed by atoms with Gasteiger partial charge in [-0.05, 0) is 55.5 Å². The van der Waals surface area contributed by atoms with Crippen molar-refractivity contribution in [2.75, 3.05) is 33.0 Å². The third-order valence-electron chi connectivity index (χ3n) is 7.73. The molecule has 2 N–H and O–H groups in total. The van der Waals surface area contributed by atoms with Crippen LogP contribution in [-0.4, -0.2) is 86.4 Å². The summed E-state index contributed by atoms with van der Waals surface area (Å²) < 4.78 is 111. The summed E-state index contributed by atoms with van der Waals surface area (Å²) in [5.74, 6) is -0.934. The van der Waals surface area contributed by atoms with Crippen molar-refractivity contribution >= 4 is 27.5 Å². The fourth-order valence-corrected chi connectivity index (χ4v) is 7.54. The summed E-state index contributed by atoms with van der Waals surface area (Å²) in [5, 5.41) is 17.0. The number of nitrogens with one attached hydrogen (secondary N) is 1. The molecule has 2 saturated heterocycles. The lowest BCUT2D eigenvalue weighted by atomic mass is 10.0. The molecule has 3 aliphatic rings. The summed E-state index contributed by atoms with van der Waals surface area (Å²) in [5.41, 5.74) is 1.25. The Kier molecular flexibility index (Phi) is 8.53. The zero-order valence-corrected chi connectivity index (χ0v) is 28.1. The Hall–Kier alpha value is -3.47. The van der Waals surface area contributed by atoms with E-state index in [1.807, 2.05) is 12.3 Å². The Morgan fingerprint density at radius 3 is 2.75 bits per heavy atom. The van der Waals surface area contributed by atoms with Gasteiger partial charge in [-0.15, -0.1) is 11.3 Å². The van der Waals surface area contributed by atoms with Gasteiger partial charge in [-0.2, -0.15) is 4.31 Å². The average Bonchev–Trinajstić information content (AvgIpc) is 3.82. The van der Waals surface area contributed by atoms with E-state index >= 15 is 0 Å². The summed E-state index contributed by atoms with van der Waals surface area (Å²) in [6.07, 6.45) is -7.82. The van der Waals surface area contributed by atoms with Crippen LogP contribution in [0.5, 0.6) is 17.2 Å². The van der Waals surface area contributed by atoms with Crippen molar-refractivity contribution in [1.82, 2.24) is 14.6 Å². The summed E-state index contributed by atoms with van der Waals surface area (Å²) in [7, 11) is -4.49. The van der Waals surface area contributed by atoms with Crippen LogP contribution >= 0.6 is 11.3 Å². The van der Waals surface area contributed by atoms with Gasteiger partial charge in [0.15, 0.2) is 17.8 Å². The number of carbonyl (C=O) groups excluding carboxylic acids is 1. The number of hydrogen-bond acceptors (Lipinski definition) is 12. The van der Waals surface area contributed by atoms with Crippen molar-refractivity contribution in [1.29, 1.82) is 0 Å². The van der Waals surface area contributed by atoms with Crippen LogP contribution in [-0.2, 0) is 37.3 Å². The lowest BCUT2D eigenvalue weighted by molar-refractivity contribution is -0.0907. The normalized spacial score (nSPS) is 27.5. The SMILES string of the molecule is [2H]C1([2H])Oc2ccc(S(=O)(=O)N(CC(C)C)C[C@]([2H])(O)[C@H](Cc3ccc(OCc4csc(C)n4)cc3)NC(=O)O[C@]3([2H])[C@@H]4CCO[C@@H]4OC3([2H])[2H])cc2O1. The predicted octanol–water partition coefficient (Wildman–Crippen LogP) is 3.87. The maximum absolute atomic E-state index is 14.1. The Morgan fingerprint density at radius 2 is 2.00 bits per heavy atom. The van der Waals surface area contributed by atoms with Gasteiger partial charge in [-0.25, -0.2) is 18.2 Å². The molecule has 48 heavy (non-hydrogen) atoms. The highest BCUT2D eigenvalue weighted by Gasteiger charge is 2.44. The molecule has 4 heterocycles. The molecule has 0 unspecified atom stereocenters. The first-order chi connectivity index (χ1) is 25.2. The number of carbonyl (C=O) groups is 1. The number of rotatable bonds is 14. The second-order valence-corrected chi connectivity index (χ2v) is 14.9. The van der Waals surface area contributed by atoms with Gasteiger partial charge in [0.1, 0.15) is 21.2 Å². The van der Waals surface area contributed by atoms with Crippen molar-refractivity contribution in [3.05, 3.63) is 64.1 Å². The predicted molar refractivity (Wildman–Crippen MR) is 174 cm³/mol. The van der Waals surface area contributed by atoms with Crippen LogP contribution in [0.3, 0.4) is 0 Å². The highest BCUT2D eigenvalue weighted by atomic mass is 32.2. The topological polar surface area (TPSA) is 155 Å². The molecule has 1 aromatic heterocycles. The van der Waals surface area contributed by atoms with Crippen LogP contribution in [0, 0.1) is 18.8 Å². The lowest BCUT2D eigenvalue weighted by Gasteiger charge is -2.31. The number of nitrogens with zero attached hydrogens (tertiary/aromatic N) is 2. The van der Waals surface area contributed by atoms with E-state index in [0.717, 1.165) is 21.1 Å². The van der Waals surface area contributed by atoms with E-state index in [1.165, 1.54) is 23.5 Å². The molecule has 0 aliphatic carbocycles. The maximum Gasteiger partial charge on any atom is 0.407 e. The highest BCUT2D eigenvalue weighted by molar-refractivity contribution is 7.89. The Bertz CT molecular complexity index is 1950. The molecule has 13 nitrogen and oxygen atoms in total. The number of benzene rings is 2. The molecule has 1 amide bonds. The molecular formula is C33H41N3O10S2. The second-order valence-electron chi connectivity index (χ2n) is 11.9. The van der Waals surface area contributed by atoms with Crippen LogP contribution in [0.1, 0.15) is 44.8 Å². The molecule has 0 spiro atoms. The fourth-order valence-electron chi connectivity index (χ4n) is 5.35. The van der Waals surface area contributed by atoms with Gasteiger partial charge >= 0.3 is 6.09 Å². The van der Waals surface area contributed by atoms with Crippen molar-refractivity contribution in [3.63, 3.8) is 0 Å². The number of amides is 1. The minimum absolute atomic E-state index is 0.0107. The third-order valence-corrected chi connectivity index (χ3v) is 10.4. The number of hydrogen-bond donors (Lipinski definition) is 2. The van der Waals surface area contributed by atoms with Crippen LogP contribution in [0.25, 0.3) is 0 Å². The quantitative estimate of drug-likeness (QED) is 0.251. The number of thiazole rings is 1. The fraction of sp³-hybridized carbons (Fsp3) is 0.515. The standard InChI is InChI=1S/C33H41N3O10S2/c1-20(2)14-36(48(39,40)25-8-9-29-30(13-25)45-19-44-29)15-28(37)27(35-33(38)46-31-17-43-32-26(31)10-11-41-32)12-22-4-6-24(7-5-22)42-16-23-18-47-21(3)34-23/h4-9,13,18,20,26-28,31-32,37H,10-12,14-17,19H2,1-3H3,(H,35,38)/t26-,27-,28-,31-,32+/m0/s1/i17D2,19D2,28D,31D. The number of aliphatic hydroxyl groups is 1. The minimum atomic E-state index is -4.49. The Morgan fingerprint density at radius 1 is 1.21 bits per heavy atom. The van der Waals surface area contributed by atoms with Crippen LogP contribution in [0.4, 0.5) is 4.79 Å². The van der Waals surface area contributed by atoms with Gasteiger partial charge in [-0.1, -0.05) is 26.0 Å². The molecule has 0 saturated carbocycles. The number of ether oxygens (including phenoxy) is 6. The third kappa shape index (κ3) is 8.21. The van der Waals surface area contributed by atoms with E-state index in [-0.39, 0.29) is 54.9 Å². The Labute approximate surface area is 292 Å². The lowest BCUT2D eigenvalue weighted by Crippen LogP contribution is -2.51. The number of sulfonamides is 1. The first kappa shape index (κ1) is 27.4. The average molecular weight is 710 g/mol. The molecular weight excluding hydrogens is 663 g/mol. The number of aromatic nitrogens is 1. The van der Waals surface area contributed by atoms with Crippen molar-refractivity contribution in [3.8, 4) is 17.2 Å².